The van der Waals surface area contributed by atoms with Gasteiger partial charge in [-0.2, -0.15) is 0 Å². The lowest BCUT2D eigenvalue weighted by Gasteiger charge is -2.35. The number of nitrogens with zero attached hydrogens (tertiary/aromatic N) is 3. The monoisotopic (exact) mass is 255 g/mol. The number of carbonyl (C=O) groups is 1. The summed E-state index contributed by atoms with van der Waals surface area (Å²) in [6.07, 6.45) is 1.92. The molecule has 1 saturated heterocycles. The number of benzene rings is 1. The average Bonchev–Trinajstić information content (AvgIpc) is 2.47. The average molecular weight is 255 g/mol. The smallest absolute Gasteiger partial charge is 0.219 e. The van der Waals surface area contributed by atoms with Gasteiger partial charge >= 0.3 is 0 Å². The van der Waals surface area contributed by atoms with Crippen LogP contribution in [0, 0.1) is 0 Å². The number of anilines is 1. The second kappa shape index (κ2) is 4.88. The second-order valence-electron chi connectivity index (χ2n) is 4.88. The maximum absolute atomic E-state index is 11.3. The number of aromatic nitrogens is 1. The predicted molar refractivity (Wildman–Crippen MR) is 76.2 cm³/mol. The summed E-state index contributed by atoms with van der Waals surface area (Å²) in [5.74, 6) is 0.163. The lowest BCUT2D eigenvalue weighted by molar-refractivity contribution is -0.129. The van der Waals surface area contributed by atoms with Crippen LogP contribution in [0.3, 0.4) is 0 Å². The lowest BCUT2D eigenvalue weighted by Crippen LogP contribution is -2.48. The summed E-state index contributed by atoms with van der Waals surface area (Å²) in [4.78, 5) is 20.0. The van der Waals surface area contributed by atoms with E-state index in [1.165, 1.54) is 0 Å². The Kier molecular flexibility index (Phi) is 3.07. The van der Waals surface area contributed by atoms with Gasteiger partial charge in [0, 0.05) is 38.5 Å². The molecule has 0 N–H and O–H groups in total. The Balaban J connectivity index is 1.80. The summed E-state index contributed by atoms with van der Waals surface area (Å²) < 4.78 is 0. The van der Waals surface area contributed by atoms with Gasteiger partial charge in [-0.25, -0.2) is 0 Å². The Bertz CT molecular complexity index is 603. The van der Waals surface area contributed by atoms with Crippen molar-refractivity contribution >= 4 is 22.5 Å². The van der Waals surface area contributed by atoms with Crippen LogP contribution < -0.4 is 4.90 Å². The van der Waals surface area contributed by atoms with Gasteiger partial charge in [-0.05, 0) is 12.1 Å². The number of para-hydroxylation sites is 1. The third-order valence-electron chi connectivity index (χ3n) is 3.67. The molecule has 3 rings (SSSR count). The SMILES string of the molecule is CC(=O)N1CCN(c2cnc3ccccc3c2)CC1. The number of carbonyl (C=O) groups excluding carboxylic acids is 1. The van der Waals surface area contributed by atoms with Gasteiger partial charge in [-0.1, -0.05) is 18.2 Å². The molecule has 0 saturated carbocycles. The van der Waals surface area contributed by atoms with Crippen LogP contribution in [-0.4, -0.2) is 42.0 Å². The van der Waals surface area contributed by atoms with Crippen molar-refractivity contribution in [1.82, 2.24) is 9.88 Å². The molecule has 0 atom stereocenters. The van der Waals surface area contributed by atoms with E-state index < -0.39 is 0 Å². The van der Waals surface area contributed by atoms with Crippen molar-refractivity contribution in [3.8, 4) is 0 Å². The molecule has 1 aromatic heterocycles. The van der Waals surface area contributed by atoms with Crippen molar-refractivity contribution in [3.05, 3.63) is 36.5 Å². The first-order valence-electron chi connectivity index (χ1n) is 6.59. The zero-order valence-corrected chi connectivity index (χ0v) is 11.0. The summed E-state index contributed by atoms with van der Waals surface area (Å²) in [5.41, 5.74) is 2.16. The molecule has 0 bridgehead atoms. The molecule has 4 heteroatoms. The highest BCUT2D eigenvalue weighted by atomic mass is 16.2. The van der Waals surface area contributed by atoms with E-state index in [4.69, 9.17) is 0 Å². The number of piperazine rings is 1. The van der Waals surface area contributed by atoms with Crippen LogP contribution in [0.4, 0.5) is 5.69 Å². The minimum absolute atomic E-state index is 0.163. The van der Waals surface area contributed by atoms with E-state index in [1.54, 1.807) is 6.92 Å². The van der Waals surface area contributed by atoms with E-state index in [9.17, 15) is 4.79 Å². The van der Waals surface area contributed by atoms with Crippen LogP contribution in [0.2, 0.25) is 0 Å². The van der Waals surface area contributed by atoms with Gasteiger partial charge in [-0.3, -0.25) is 9.78 Å². The van der Waals surface area contributed by atoms with E-state index in [-0.39, 0.29) is 5.91 Å². The Labute approximate surface area is 112 Å². The van der Waals surface area contributed by atoms with Gasteiger partial charge in [0.15, 0.2) is 0 Å². The van der Waals surface area contributed by atoms with E-state index >= 15 is 0 Å². The van der Waals surface area contributed by atoms with Crippen LogP contribution >= 0.6 is 0 Å². The molecule has 1 aromatic carbocycles. The Morgan fingerprint density at radius 3 is 2.63 bits per heavy atom. The van der Waals surface area contributed by atoms with E-state index in [1.807, 2.05) is 29.3 Å². The van der Waals surface area contributed by atoms with E-state index in [0.29, 0.717) is 0 Å². The Hall–Kier alpha value is -2.10. The van der Waals surface area contributed by atoms with E-state index in [2.05, 4.69) is 22.0 Å². The zero-order valence-electron chi connectivity index (χ0n) is 11.0. The largest absolute Gasteiger partial charge is 0.367 e. The fourth-order valence-electron chi connectivity index (χ4n) is 2.51. The van der Waals surface area contributed by atoms with Crippen LogP contribution in [0.5, 0.6) is 0 Å². The number of pyridine rings is 1. The highest BCUT2D eigenvalue weighted by Crippen LogP contribution is 2.20. The molecule has 1 fully saturated rings. The van der Waals surface area contributed by atoms with Crippen molar-refractivity contribution in [2.24, 2.45) is 0 Å². The molecule has 4 nitrogen and oxygen atoms in total. The zero-order chi connectivity index (χ0) is 13.2. The first kappa shape index (κ1) is 12.0. The van der Waals surface area contributed by atoms with Crippen molar-refractivity contribution in [2.75, 3.05) is 31.1 Å². The van der Waals surface area contributed by atoms with Crippen LogP contribution in [-0.2, 0) is 4.79 Å². The van der Waals surface area contributed by atoms with Crippen molar-refractivity contribution in [3.63, 3.8) is 0 Å². The summed E-state index contributed by atoms with van der Waals surface area (Å²) >= 11 is 0. The molecule has 1 aliphatic rings. The topological polar surface area (TPSA) is 36.4 Å². The molecule has 98 valence electrons. The van der Waals surface area contributed by atoms with Gasteiger partial charge in [0.05, 0.1) is 17.4 Å². The third kappa shape index (κ3) is 2.38. The van der Waals surface area contributed by atoms with Crippen LogP contribution in [0.25, 0.3) is 10.9 Å². The lowest BCUT2D eigenvalue weighted by atomic mass is 10.2. The molecule has 0 unspecified atom stereocenters. The Morgan fingerprint density at radius 1 is 1.16 bits per heavy atom. The summed E-state index contributed by atoms with van der Waals surface area (Å²) in [5, 5.41) is 1.16. The van der Waals surface area contributed by atoms with Gasteiger partial charge in [0.1, 0.15) is 0 Å². The molecule has 19 heavy (non-hydrogen) atoms. The number of amides is 1. The summed E-state index contributed by atoms with van der Waals surface area (Å²) in [7, 11) is 0. The normalized spacial score (nSPS) is 15.8. The molecule has 0 aliphatic carbocycles. The Morgan fingerprint density at radius 2 is 1.89 bits per heavy atom. The van der Waals surface area contributed by atoms with Gasteiger partial charge < -0.3 is 9.80 Å². The van der Waals surface area contributed by atoms with Gasteiger partial charge in [0.2, 0.25) is 5.91 Å². The van der Waals surface area contributed by atoms with Gasteiger partial charge in [0.25, 0.3) is 0 Å². The minimum Gasteiger partial charge on any atom is -0.367 e. The predicted octanol–water partition coefficient (Wildman–Crippen LogP) is 1.90. The molecule has 2 heterocycles. The summed E-state index contributed by atoms with van der Waals surface area (Å²) in [6.45, 7) is 4.97. The minimum atomic E-state index is 0.163. The maximum Gasteiger partial charge on any atom is 0.219 e. The van der Waals surface area contributed by atoms with Crippen molar-refractivity contribution in [1.29, 1.82) is 0 Å². The maximum atomic E-state index is 11.3. The molecular weight excluding hydrogens is 238 g/mol. The first-order valence-corrected chi connectivity index (χ1v) is 6.59. The standard InChI is InChI=1S/C15H17N3O/c1-12(19)17-6-8-18(9-7-17)14-10-13-4-2-3-5-15(13)16-11-14/h2-5,10-11H,6-9H2,1H3. The molecule has 0 spiro atoms. The second-order valence-corrected chi connectivity index (χ2v) is 4.88. The number of hydrogen-bond acceptors (Lipinski definition) is 3. The van der Waals surface area contributed by atoms with Crippen molar-refractivity contribution < 1.29 is 4.79 Å². The molecule has 1 aliphatic heterocycles. The third-order valence-corrected chi connectivity index (χ3v) is 3.67. The van der Waals surface area contributed by atoms with Crippen molar-refractivity contribution in [2.45, 2.75) is 6.92 Å². The highest BCUT2D eigenvalue weighted by molar-refractivity contribution is 5.81. The fraction of sp³-hybridized carbons (Fsp3) is 0.333. The molecule has 0 radical (unpaired) electrons. The molecular formula is C15H17N3O. The van der Waals surface area contributed by atoms with Gasteiger partial charge in [-0.15, -0.1) is 0 Å². The first-order chi connectivity index (χ1) is 9.24. The quantitative estimate of drug-likeness (QED) is 0.781. The van der Waals surface area contributed by atoms with Crippen LogP contribution in [0.15, 0.2) is 36.5 Å². The van der Waals surface area contributed by atoms with E-state index in [0.717, 1.165) is 42.8 Å². The number of hydrogen-bond donors (Lipinski definition) is 0. The highest BCUT2D eigenvalue weighted by Gasteiger charge is 2.18. The summed E-state index contributed by atoms with van der Waals surface area (Å²) in [6, 6.07) is 10.3. The fourth-order valence-corrected chi connectivity index (χ4v) is 2.51. The number of fused-ring (bicyclic) bond motifs is 1. The van der Waals surface area contributed by atoms with Crippen LogP contribution in [0.1, 0.15) is 6.92 Å². The number of rotatable bonds is 1. The molecule has 2 aromatic rings. The molecule has 1 amide bonds.